The molecule has 0 saturated heterocycles. The molecule has 0 radical (unpaired) electrons. The van der Waals surface area contributed by atoms with Crippen molar-refractivity contribution in [1.82, 2.24) is 14.5 Å². The molecule has 7 rings (SSSR count). The first-order valence-electron chi connectivity index (χ1n) is 10.9. The van der Waals surface area contributed by atoms with Gasteiger partial charge in [0.2, 0.25) is 0 Å². The van der Waals surface area contributed by atoms with Gasteiger partial charge in [-0.3, -0.25) is 9.97 Å². The van der Waals surface area contributed by atoms with Crippen LogP contribution >= 0.6 is 0 Å². The highest BCUT2D eigenvalue weighted by Gasteiger charge is 2.20. The number of nitrogens with zero attached hydrogens (tertiary/aromatic N) is 3. The summed E-state index contributed by atoms with van der Waals surface area (Å²) in [6.07, 6.45) is 11.1. The number of hydrogen-bond donors (Lipinski definition) is 0. The average molecular weight is 409 g/mol. The molecule has 0 saturated carbocycles. The third-order valence-corrected chi connectivity index (χ3v) is 6.50. The van der Waals surface area contributed by atoms with Crippen LogP contribution in [0.5, 0.6) is 0 Å². The van der Waals surface area contributed by atoms with E-state index in [1.807, 2.05) is 36.8 Å². The van der Waals surface area contributed by atoms with Gasteiger partial charge in [0.15, 0.2) is 0 Å². The Morgan fingerprint density at radius 2 is 1.72 bits per heavy atom. The molecule has 3 aromatic heterocycles. The van der Waals surface area contributed by atoms with Crippen molar-refractivity contribution in [1.29, 1.82) is 0 Å². The Kier molecular flexibility index (Phi) is 3.61. The zero-order valence-electron chi connectivity index (χ0n) is 17.4. The van der Waals surface area contributed by atoms with Crippen molar-refractivity contribution < 1.29 is 0 Å². The minimum absolute atomic E-state index is 0.929. The summed E-state index contributed by atoms with van der Waals surface area (Å²) in [6, 6.07) is 25.8. The first kappa shape index (κ1) is 17.4. The molecule has 0 spiro atoms. The SMILES string of the molecule is C1=Cc2cccc3cc4c(c(c23)C1)c1ccccc1n4-c1cncc(-c2ccccn2)c1. The molecular weight excluding hydrogens is 390 g/mol. The van der Waals surface area contributed by atoms with E-state index in [9.17, 15) is 0 Å². The zero-order chi connectivity index (χ0) is 21.1. The van der Waals surface area contributed by atoms with Crippen LogP contribution in [0.15, 0.2) is 97.5 Å². The number of rotatable bonds is 2. The molecule has 3 heterocycles. The van der Waals surface area contributed by atoms with E-state index < -0.39 is 0 Å². The summed E-state index contributed by atoms with van der Waals surface area (Å²) in [7, 11) is 0. The quantitative estimate of drug-likeness (QED) is 0.309. The molecule has 0 aliphatic heterocycles. The smallest absolute Gasteiger partial charge is 0.0718 e. The highest BCUT2D eigenvalue weighted by molar-refractivity contribution is 6.17. The average Bonchev–Trinajstić information content (AvgIpc) is 3.19. The molecule has 32 heavy (non-hydrogen) atoms. The van der Waals surface area contributed by atoms with Gasteiger partial charge in [-0.2, -0.15) is 0 Å². The zero-order valence-corrected chi connectivity index (χ0v) is 17.4. The predicted molar refractivity (Wildman–Crippen MR) is 132 cm³/mol. The van der Waals surface area contributed by atoms with Crippen molar-refractivity contribution in [3.8, 4) is 16.9 Å². The van der Waals surface area contributed by atoms with Crippen LogP contribution in [0.25, 0.3) is 55.6 Å². The molecular formula is C29H19N3. The monoisotopic (exact) mass is 409 g/mol. The molecule has 0 amide bonds. The summed E-state index contributed by atoms with van der Waals surface area (Å²) >= 11 is 0. The number of para-hydroxylation sites is 1. The van der Waals surface area contributed by atoms with Crippen molar-refractivity contribution in [2.45, 2.75) is 6.42 Å². The Morgan fingerprint density at radius 1 is 0.781 bits per heavy atom. The van der Waals surface area contributed by atoms with Gasteiger partial charge in [-0.15, -0.1) is 0 Å². The molecule has 3 heteroatoms. The van der Waals surface area contributed by atoms with Gasteiger partial charge >= 0.3 is 0 Å². The Hall–Kier alpha value is -4.24. The lowest BCUT2D eigenvalue weighted by molar-refractivity contribution is 1.14. The molecule has 0 bridgehead atoms. The Balaban J connectivity index is 1.61. The van der Waals surface area contributed by atoms with E-state index in [-0.39, 0.29) is 0 Å². The number of pyridine rings is 2. The molecule has 150 valence electrons. The normalized spacial score (nSPS) is 12.8. The molecule has 6 aromatic rings. The summed E-state index contributed by atoms with van der Waals surface area (Å²) in [5, 5.41) is 5.29. The van der Waals surface area contributed by atoms with Crippen LogP contribution in [0.1, 0.15) is 11.1 Å². The predicted octanol–water partition coefficient (Wildman–Crippen LogP) is 6.96. The number of fused-ring (bicyclic) bond motifs is 4. The first-order valence-corrected chi connectivity index (χ1v) is 10.9. The van der Waals surface area contributed by atoms with Gasteiger partial charge in [-0.25, -0.2) is 0 Å². The van der Waals surface area contributed by atoms with Gasteiger partial charge in [-0.05, 0) is 58.7 Å². The number of hydrogen-bond acceptors (Lipinski definition) is 2. The molecule has 0 N–H and O–H groups in total. The minimum Gasteiger partial charge on any atom is -0.308 e. The maximum atomic E-state index is 4.59. The van der Waals surface area contributed by atoms with Crippen molar-refractivity contribution in [2.24, 2.45) is 0 Å². The van der Waals surface area contributed by atoms with Crippen molar-refractivity contribution >= 4 is 38.7 Å². The molecule has 0 atom stereocenters. The van der Waals surface area contributed by atoms with E-state index in [2.05, 4.69) is 81.3 Å². The fraction of sp³-hybridized carbons (Fsp3) is 0.0345. The summed E-state index contributed by atoms with van der Waals surface area (Å²) < 4.78 is 2.35. The lowest BCUT2D eigenvalue weighted by atomic mass is 9.90. The maximum Gasteiger partial charge on any atom is 0.0718 e. The largest absolute Gasteiger partial charge is 0.308 e. The molecule has 3 aromatic carbocycles. The van der Waals surface area contributed by atoms with Gasteiger partial charge in [-0.1, -0.05) is 54.6 Å². The highest BCUT2D eigenvalue weighted by atomic mass is 15.0. The summed E-state index contributed by atoms with van der Waals surface area (Å²) in [5.41, 5.74) is 8.14. The highest BCUT2D eigenvalue weighted by Crippen LogP contribution is 2.41. The summed E-state index contributed by atoms with van der Waals surface area (Å²) in [4.78, 5) is 9.11. The van der Waals surface area contributed by atoms with Gasteiger partial charge < -0.3 is 4.57 Å². The number of aromatic nitrogens is 3. The van der Waals surface area contributed by atoms with Crippen LogP contribution in [0, 0.1) is 0 Å². The van der Waals surface area contributed by atoms with Gasteiger partial charge in [0.1, 0.15) is 0 Å². The van der Waals surface area contributed by atoms with E-state index >= 15 is 0 Å². The van der Waals surface area contributed by atoms with Gasteiger partial charge in [0.25, 0.3) is 0 Å². The van der Waals surface area contributed by atoms with Crippen LogP contribution in [-0.2, 0) is 6.42 Å². The third-order valence-electron chi connectivity index (χ3n) is 6.50. The Morgan fingerprint density at radius 3 is 2.66 bits per heavy atom. The van der Waals surface area contributed by atoms with Gasteiger partial charge in [0.05, 0.1) is 28.6 Å². The van der Waals surface area contributed by atoms with E-state index in [4.69, 9.17) is 0 Å². The molecule has 0 fully saturated rings. The number of allylic oxidation sites excluding steroid dienone is 1. The second-order valence-electron chi connectivity index (χ2n) is 8.30. The minimum atomic E-state index is 0.929. The second-order valence-corrected chi connectivity index (χ2v) is 8.30. The summed E-state index contributed by atoms with van der Waals surface area (Å²) in [5.74, 6) is 0. The number of benzene rings is 3. The van der Waals surface area contributed by atoms with Crippen LogP contribution in [0.3, 0.4) is 0 Å². The van der Waals surface area contributed by atoms with E-state index in [0.717, 1.165) is 23.4 Å². The van der Waals surface area contributed by atoms with Crippen LogP contribution in [0.4, 0.5) is 0 Å². The van der Waals surface area contributed by atoms with E-state index in [0.29, 0.717) is 0 Å². The van der Waals surface area contributed by atoms with Crippen LogP contribution in [-0.4, -0.2) is 14.5 Å². The molecule has 3 nitrogen and oxygen atoms in total. The van der Waals surface area contributed by atoms with Crippen LogP contribution < -0.4 is 0 Å². The molecule has 1 aliphatic rings. The van der Waals surface area contributed by atoms with Crippen molar-refractivity contribution in [3.63, 3.8) is 0 Å². The Bertz CT molecular complexity index is 1690. The molecule has 1 aliphatic carbocycles. The van der Waals surface area contributed by atoms with Gasteiger partial charge in [0, 0.05) is 28.7 Å². The second kappa shape index (κ2) is 6.63. The Labute approximate surface area is 185 Å². The summed E-state index contributed by atoms with van der Waals surface area (Å²) in [6.45, 7) is 0. The lowest BCUT2D eigenvalue weighted by Gasteiger charge is -2.15. The van der Waals surface area contributed by atoms with E-state index in [1.54, 1.807) is 0 Å². The lowest BCUT2D eigenvalue weighted by Crippen LogP contribution is -1.98. The third kappa shape index (κ3) is 2.42. The maximum absolute atomic E-state index is 4.59. The fourth-order valence-electron chi connectivity index (χ4n) is 5.19. The first-order chi connectivity index (χ1) is 15.9. The van der Waals surface area contributed by atoms with Crippen molar-refractivity contribution in [3.05, 3.63) is 109 Å². The molecule has 0 unspecified atom stereocenters. The van der Waals surface area contributed by atoms with Crippen molar-refractivity contribution in [2.75, 3.05) is 0 Å². The van der Waals surface area contributed by atoms with Crippen LogP contribution in [0.2, 0.25) is 0 Å². The standard InChI is InChI=1S/C29H19N3/c1-2-13-26-23(10-1)29-24-11-6-8-19-7-5-9-20(28(19)24)16-27(29)32(26)22-15-21(17-30-18-22)25-12-3-4-14-31-25/h1-10,12-18H,11H2. The topological polar surface area (TPSA) is 30.7 Å². The van der Waals surface area contributed by atoms with E-state index in [1.165, 1.54) is 43.7 Å². The fourth-order valence-corrected chi connectivity index (χ4v) is 5.19.